The van der Waals surface area contributed by atoms with Gasteiger partial charge in [-0.15, -0.1) is 0 Å². The standard InChI is InChI=1S/C19H18ClF3N2O3/c1-10(19(21,22)23)28-14-8-7-12(17(24)26)15(16(14)20)13(18(25)27)9-11-5-3-2-4-6-11/h2-8,10,13H,9H2,1H3,(H2,24,26)(H2,25,27). The molecule has 0 heterocycles. The van der Waals surface area contributed by atoms with Crippen LogP contribution in [-0.4, -0.2) is 24.1 Å². The van der Waals surface area contributed by atoms with E-state index in [9.17, 15) is 22.8 Å². The monoisotopic (exact) mass is 414 g/mol. The molecule has 4 N–H and O–H groups in total. The molecule has 5 nitrogen and oxygen atoms in total. The molecule has 28 heavy (non-hydrogen) atoms. The van der Waals surface area contributed by atoms with Crippen molar-refractivity contribution < 1.29 is 27.5 Å². The van der Waals surface area contributed by atoms with Crippen LogP contribution in [-0.2, 0) is 11.2 Å². The molecule has 2 unspecified atom stereocenters. The van der Waals surface area contributed by atoms with Crippen LogP contribution in [0, 0.1) is 0 Å². The minimum absolute atomic E-state index is 0.0580. The molecule has 150 valence electrons. The quantitative estimate of drug-likeness (QED) is 0.724. The summed E-state index contributed by atoms with van der Waals surface area (Å²) in [5.41, 5.74) is 11.4. The summed E-state index contributed by atoms with van der Waals surface area (Å²) in [7, 11) is 0. The van der Waals surface area contributed by atoms with E-state index in [1.165, 1.54) is 6.07 Å². The van der Waals surface area contributed by atoms with Crippen molar-refractivity contribution >= 4 is 23.4 Å². The molecule has 0 aliphatic carbocycles. The Labute approximate surface area is 164 Å². The van der Waals surface area contributed by atoms with Crippen LogP contribution in [0.1, 0.15) is 34.3 Å². The number of alkyl halides is 3. The fourth-order valence-corrected chi connectivity index (χ4v) is 3.01. The lowest BCUT2D eigenvalue weighted by Gasteiger charge is -2.23. The Morgan fingerprint density at radius 2 is 1.71 bits per heavy atom. The van der Waals surface area contributed by atoms with Crippen LogP contribution in [0.5, 0.6) is 5.75 Å². The predicted molar refractivity (Wildman–Crippen MR) is 98.2 cm³/mol. The average molecular weight is 415 g/mol. The molecule has 0 bridgehead atoms. The van der Waals surface area contributed by atoms with Crippen LogP contribution in [0.15, 0.2) is 42.5 Å². The molecule has 0 saturated carbocycles. The normalized spacial score (nSPS) is 13.6. The molecule has 2 aromatic carbocycles. The van der Waals surface area contributed by atoms with Crippen molar-refractivity contribution in [2.75, 3.05) is 0 Å². The lowest BCUT2D eigenvalue weighted by molar-refractivity contribution is -0.189. The van der Waals surface area contributed by atoms with Crippen LogP contribution >= 0.6 is 11.6 Å². The molecule has 2 amide bonds. The molecule has 2 aromatic rings. The summed E-state index contributed by atoms with van der Waals surface area (Å²) >= 11 is 6.25. The van der Waals surface area contributed by atoms with Gasteiger partial charge in [-0.3, -0.25) is 9.59 Å². The summed E-state index contributed by atoms with van der Waals surface area (Å²) in [5.74, 6) is -3.13. The fourth-order valence-electron chi connectivity index (χ4n) is 2.67. The van der Waals surface area contributed by atoms with E-state index >= 15 is 0 Å². The number of rotatable bonds is 7. The summed E-state index contributed by atoms with van der Waals surface area (Å²) in [6.45, 7) is 0.813. The number of hydrogen-bond acceptors (Lipinski definition) is 3. The number of hydrogen-bond donors (Lipinski definition) is 2. The Morgan fingerprint density at radius 3 is 2.21 bits per heavy atom. The molecule has 0 aliphatic rings. The highest BCUT2D eigenvalue weighted by atomic mass is 35.5. The average Bonchev–Trinajstić information content (AvgIpc) is 2.61. The van der Waals surface area contributed by atoms with E-state index in [-0.39, 0.29) is 28.3 Å². The van der Waals surface area contributed by atoms with E-state index in [4.69, 9.17) is 27.8 Å². The third-order valence-corrected chi connectivity index (χ3v) is 4.54. The number of amides is 2. The number of nitrogens with two attached hydrogens (primary N) is 2. The van der Waals surface area contributed by atoms with Crippen molar-refractivity contribution in [2.45, 2.75) is 31.5 Å². The second-order valence-electron chi connectivity index (χ2n) is 6.15. The number of carbonyl (C=O) groups is 2. The first-order chi connectivity index (χ1) is 13.0. The molecule has 9 heteroatoms. The summed E-state index contributed by atoms with van der Waals surface area (Å²) in [5, 5.41) is -0.313. The fraction of sp³-hybridized carbons (Fsp3) is 0.263. The van der Waals surface area contributed by atoms with E-state index in [2.05, 4.69) is 0 Å². The molecular formula is C19H18ClF3N2O3. The van der Waals surface area contributed by atoms with E-state index in [1.54, 1.807) is 30.3 Å². The number of halogens is 4. The van der Waals surface area contributed by atoms with E-state index < -0.39 is 30.0 Å². The first-order valence-electron chi connectivity index (χ1n) is 8.21. The summed E-state index contributed by atoms with van der Waals surface area (Å²) in [6, 6.07) is 11.0. The van der Waals surface area contributed by atoms with Gasteiger partial charge in [0.25, 0.3) is 0 Å². The second-order valence-corrected chi connectivity index (χ2v) is 6.53. The van der Waals surface area contributed by atoms with Gasteiger partial charge in [0, 0.05) is 5.56 Å². The maximum Gasteiger partial charge on any atom is 0.425 e. The molecule has 0 spiro atoms. The third kappa shape index (κ3) is 4.95. The minimum Gasteiger partial charge on any atom is -0.480 e. The highest BCUT2D eigenvalue weighted by Gasteiger charge is 2.39. The Kier molecular flexibility index (Phi) is 6.56. The van der Waals surface area contributed by atoms with Crippen molar-refractivity contribution in [3.63, 3.8) is 0 Å². The van der Waals surface area contributed by atoms with Crippen LogP contribution in [0.3, 0.4) is 0 Å². The van der Waals surface area contributed by atoms with Crippen LogP contribution in [0.2, 0.25) is 5.02 Å². The lowest BCUT2D eigenvalue weighted by Crippen LogP contribution is -2.32. The molecule has 2 rings (SSSR count). The topological polar surface area (TPSA) is 95.4 Å². The van der Waals surface area contributed by atoms with Crippen LogP contribution in [0.4, 0.5) is 13.2 Å². The second kappa shape index (κ2) is 8.52. The van der Waals surface area contributed by atoms with Gasteiger partial charge in [-0.2, -0.15) is 13.2 Å². The molecule has 0 aliphatic heterocycles. The molecule has 0 saturated heterocycles. The zero-order chi connectivity index (χ0) is 21.1. The van der Waals surface area contributed by atoms with Crippen molar-refractivity contribution in [1.29, 1.82) is 0 Å². The number of benzene rings is 2. The first-order valence-corrected chi connectivity index (χ1v) is 8.59. The number of carbonyl (C=O) groups excluding carboxylic acids is 2. The van der Waals surface area contributed by atoms with Gasteiger partial charge >= 0.3 is 6.18 Å². The van der Waals surface area contributed by atoms with Gasteiger partial charge in [-0.1, -0.05) is 41.9 Å². The van der Waals surface area contributed by atoms with Gasteiger partial charge < -0.3 is 16.2 Å². The summed E-state index contributed by atoms with van der Waals surface area (Å²) in [4.78, 5) is 24.0. The maximum atomic E-state index is 12.8. The van der Waals surface area contributed by atoms with Crippen LogP contribution < -0.4 is 16.2 Å². The molecule has 0 radical (unpaired) electrons. The largest absolute Gasteiger partial charge is 0.480 e. The summed E-state index contributed by atoms with van der Waals surface area (Å²) in [6.07, 6.45) is -6.70. The SMILES string of the molecule is CC(Oc1ccc(C(N)=O)c(C(Cc2ccccc2)C(N)=O)c1Cl)C(F)(F)F. The number of ether oxygens (including phenoxy) is 1. The third-order valence-electron chi connectivity index (χ3n) is 4.15. The Balaban J connectivity index is 2.55. The molecular weight excluding hydrogens is 397 g/mol. The zero-order valence-corrected chi connectivity index (χ0v) is 15.6. The molecule has 0 fully saturated rings. The maximum absolute atomic E-state index is 12.8. The van der Waals surface area contributed by atoms with Crippen molar-refractivity contribution in [3.8, 4) is 5.75 Å². The van der Waals surface area contributed by atoms with Gasteiger partial charge in [0.15, 0.2) is 6.10 Å². The van der Waals surface area contributed by atoms with Gasteiger partial charge in [0.05, 0.1) is 10.9 Å². The zero-order valence-electron chi connectivity index (χ0n) is 14.8. The highest BCUT2D eigenvalue weighted by Crippen LogP contribution is 2.39. The van der Waals surface area contributed by atoms with Crippen molar-refractivity contribution in [3.05, 3.63) is 64.2 Å². The Hall–Kier alpha value is -2.74. The molecule has 2 atom stereocenters. The molecule has 0 aromatic heterocycles. The minimum atomic E-state index is -4.63. The van der Waals surface area contributed by atoms with Gasteiger partial charge in [0.2, 0.25) is 11.8 Å². The van der Waals surface area contributed by atoms with Gasteiger partial charge in [-0.05, 0) is 36.6 Å². The Bertz CT molecular complexity index is 873. The smallest absolute Gasteiger partial charge is 0.425 e. The van der Waals surface area contributed by atoms with Crippen molar-refractivity contribution in [1.82, 2.24) is 0 Å². The van der Waals surface area contributed by atoms with Gasteiger partial charge in [0.1, 0.15) is 5.75 Å². The highest BCUT2D eigenvalue weighted by molar-refractivity contribution is 6.33. The van der Waals surface area contributed by atoms with Crippen molar-refractivity contribution in [2.24, 2.45) is 11.5 Å². The lowest BCUT2D eigenvalue weighted by atomic mass is 9.87. The Morgan fingerprint density at radius 1 is 1.11 bits per heavy atom. The predicted octanol–water partition coefficient (Wildman–Crippen LogP) is 3.58. The first kappa shape index (κ1) is 21.6. The number of primary amides is 2. The van der Waals surface area contributed by atoms with Gasteiger partial charge in [-0.25, -0.2) is 0 Å². The van der Waals surface area contributed by atoms with Crippen LogP contribution in [0.25, 0.3) is 0 Å². The summed E-state index contributed by atoms with van der Waals surface area (Å²) < 4.78 is 43.4. The van der Waals surface area contributed by atoms with E-state index in [0.717, 1.165) is 13.0 Å². The van der Waals surface area contributed by atoms with E-state index in [1.807, 2.05) is 0 Å². The van der Waals surface area contributed by atoms with E-state index in [0.29, 0.717) is 5.56 Å².